The maximum atomic E-state index is 11.9. The molecular weight excluding hydrogens is 382 g/mol. The lowest BCUT2D eigenvalue weighted by Gasteiger charge is -2.39. The van der Waals surface area contributed by atoms with E-state index in [9.17, 15) is 45.2 Å². The number of carboxylic acids is 1. The first-order valence-electron chi connectivity index (χ1n) is 7.85. The van der Waals surface area contributed by atoms with Crippen molar-refractivity contribution < 1.29 is 49.9 Å². The minimum Gasteiger partial charge on any atom is -0.504 e. The summed E-state index contributed by atoms with van der Waals surface area (Å²) in [5.74, 6) is -4.23. The Balaban J connectivity index is 2.18. The van der Waals surface area contributed by atoms with Crippen LogP contribution in [0.4, 0.5) is 5.69 Å². The number of nitro groups is 1. The van der Waals surface area contributed by atoms with Crippen LogP contribution in [0.5, 0.6) is 11.5 Å². The Morgan fingerprint density at radius 2 is 1.82 bits per heavy atom. The topological polar surface area (TPSA) is 208 Å². The summed E-state index contributed by atoms with van der Waals surface area (Å²) < 4.78 is 4.85. The molecule has 28 heavy (non-hydrogen) atoms. The van der Waals surface area contributed by atoms with Crippen LogP contribution in [-0.4, -0.2) is 71.4 Å². The molecule has 0 unspecified atom stereocenters. The van der Waals surface area contributed by atoms with Crippen LogP contribution in [0.25, 0.3) is 6.08 Å². The van der Waals surface area contributed by atoms with E-state index in [-0.39, 0.29) is 5.56 Å². The van der Waals surface area contributed by atoms with Crippen molar-refractivity contribution >= 4 is 23.7 Å². The Hall–Kier alpha value is -3.22. The predicted molar refractivity (Wildman–Crippen MR) is 89.2 cm³/mol. The van der Waals surface area contributed by atoms with Crippen LogP contribution in [-0.2, 0) is 14.3 Å². The molecule has 152 valence electrons. The number of aliphatic carboxylic acids is 1. The van der Waals surface area contributed by atoms with Crippen molar-refractivity contribution in [1.82, 2.24) is 0 Å². The number of esters is 1. The van der Waals surface area contributed by atoms with Gasteiger partial charge in [0.25, 0.3) is 5.69 Å². The SMILES string of the molecule is O=C(/C=C/c1cc(O)c(O)cc1[N+](=O)[O-])O[C@@H]1C[C@](O)(C(=O)O)C[C@@H](O)[C@H]1O. The molecule has 0 aliphatic heterocycles. The average molecular weight is 399 g/mol. The average Bonchev–Trinajstić information content (AvgIpc) is 2.59. The number of rotatable bonds is 5. The van der Waals surface area contributed by atoms with E-state index in [1.54, 1.807) is 0 Å². The zero-order valence-electron chi connectivity index (χ0n) is 14.1. The molecule has 1 fully saturated rings. The van der Waals surface area contributed by atoms with E-state index in [2.05, 4.69) is 0 Å². The van der Waals surface area contributed by atoms with Crippen molar-refractivity contribution in [3.8, 4) is 11.5 Å². The number of nitro benzene ring substituents is 1. The first kappa shape index (κ1) is 21.1. The van der Waals surface area contributed by atoms with E-state index < -0.39 is 70.8 Å². The highest BCUT2D eigenvalue weighted by atomic mass is 16.6. The number of aromatic hydroxyl groups is 2. The second-order valence-electron chi connectivity index (χ2n) is 6.27. The summed E-state index contributed by atoms with van der Waals surface area (Å²) in [5.41, 5.74) is -3.27. The van der Waals surface area contributed by atoms with Gasteiger partial charge in [0.05, 0.1) is 22.7 Å². The zero-order valence-corrected chi connectivity index (χ0v) is 14.1. The van der Waals surface area contributed by atoms with E-state index in [0.717, 1.165) is 12.1 Å². The molecule has 12 heteroatoms. The Morgan fingerprint density at radius 3 is 2.39 bits per heavy atom. The molecule has 0 radical (unpaired) electrons. The summed E-state index contributed by atoms with van der Waals surface area (Å²) in [6, 6.07) is 1.51. The molecule has 0 saturated heterocycles. The van der Waals surface area contributed by atoms with Gasteiger partial charge in [0, 0.05) is 18.9 Å². The molecule has 2 rings (SSSR count). The van der Waals surface area contributed by atoms with Crippen LogP contribution in [0, 0.1) is 10.1 Å². The number of nitrogens with zero attached hydrogens (tertiary/aromatic N) is 1. The van der Waals surface area contributed by atoms with Gasteiger partial charge < -0.3 is 35.4 Å². The Labute approximate surface area is 156 Å². The van der Waals surface area contributed by atoms with Gasteiger partial charge in [-0.1, -0.05) is 0 Å². The monoisotopic (exact) mass is 399 g/mol. The fraction of sp³-hybridized carbons (Fsp3) is 0.375. The van der Waals surface area contributed by atoms with Crippen molar-refractivity contribution in [2.45, 2.75) is 36.8 Å². The van der Waals surface area contributed by atoms with E-state index in [1.165, 1.54) is 0 Å². The number of phenols is 2. The third kappa shape index (κ3) is 4.36. The lowest BCUT2D eigenvalue weighted by molar-refractivity contribution is -0.385. The summed E-state index contributed by atoms with van der Waals surface area (Å²) in [5, 5.41) is 68.3. The van der Waals surface area contributed by atoms with Gasteiger partial charge in [0.1, 0.15) is 12.2 Å². The number of aliphatic hydroxyl groups is 3. The molecule has 0 aromatic heterocycles. The smallest absolute Gasteiger partial charge is 0.335 e. The van der Waals surface area contributed by atoms with Crippen molar-refractivity contribution in [3.63, 3.8) is 0 Å². The number of benzene rings is 1. The summed E-state index contributed by atoms with van der Waals surface area (Å²) in [4.78, 5) is 33.2. The van der Waals surface area contributed by atoms with Crippen LogP contribution in [0.3, 0.4) is 0 Å². The number of hydrogen-bond acceptors (Lipinski definition) is 10. The molecule has 0 spiro atoms. The van der Waals surface area contributed by atoms with Gasteiger partial charge in [-0.25, -0.2) is 9.59 Å². The summed E-state index contributed by atoms with van der Waals surface area (Å²) >= 11 is 0. The summed E-state index contributed by atoms with van der Waals surface area (Å²) in [6.07, 6.45) is -4.60. The number of carboxylic acid groups (broad SMARTS) is 1. The van der Waals surface area contributed by atoms with E-state index >= 15 is 0 Å². The van der Waals surface area contributed by atoms with Gasteiger partial charge in [-0.2, -0.15) is 0 Å². The molecule has 6 N–H and O–H groups in total. The largest absolute Gasteiger partial charge is 0.504 e. The minimum atomic E-state index is -2.41. The molecule has 1 aliphatic rings. The van der Waals surface area contributed by atoms with Gasteiger partial charge in [-0.05, 0) is 12.1 Å². The predicted octanol–water partition coefficient (Wildman–Crippen LogP) is -0.738. The lowest BCUT2D eigenvalue weighted by Crippen LogP contribution is -2.57. The molecule has 1 saturated carbocycles. The van der Waals surface area contributed by atoms with Gasteiger partial charge in [-0.15, -0.1) is 0 Å². The van der Waals surface area contributed by atoms with Gasteiger partial charge in [0.15, 0.2) is 17.1 Å². The van der Waals surface area contributed by atoms with Crippen LogP contribution in [0.2, 0.25) is 0 Å². The first-order valence-corrected chi connectivity index (χ1v) is 7.85. The first-order chi connectivity index (χ1) is 12.9. The molecular formula is C16H17NO11. The molecule has 1 aliphatic carbocycles. The second-order valence-corrected chi connectivity index (χ2v) is 6.27. The Kier molecular flexibility index (Phi) is 5.87. The highest BCUT2D eigenvalue weighted by Crippen LogP contribution is 2.34. The van der Waals surface area contributed by atoms with Gasteiger partial charge in [0.2, 0.25) is 0 Å². The number of aliphatic hydroxyl groups excluding tert-OH is 2. The maximum absolute atomic E-state index is 11.9. The van der Waals surface area contributed by atoms with E-state index in [1.807, 2.05) is 0 Å². The van der Waals surface area contributed by atoms with Crippen molar-refractivity contribution in [3.05, 3.63) is 33.9 Å². The highest BCUT2D eigenvalue weighted by Gasteiger charge is 2.50. The zero-order chi connectivity index (χ0) is 21.2. The molecule has 0 amide bonds. The Morgan fingerprint density at radius 1 is 1.21 bits per heavy atom. The third-order valence-electron chi connectivity index (χ3n) is 4.25. The summed E-state index contributed by atoms with van der Waals surface area (Å²) in [6.45, 7) is 0. The van der Waals surface area contributed by atoms with Crippen molar-refractivity contribution in [2.75, 3.05) is 0 Å². The quantitative estimate of drug-likeness (QED) is 0.119. The fourth-order valence-electron chi connectivity index (χ4n) is 2.76. The minimum absolute atomic E-state index is 0.247. The Bertz CT molecular complexity index is 836. The van der Waals surface area contributed by atoms with Gasteiger partial charge in [-0.3, -0.25) is 10.1 Å². The van der Waals surface area contributed by atoms with Crippen molar-refractivity contribution in [1.29, 1.82) is 0 Å². The normalized spacial score (nSPS) is 27.5. The van der Waals surface area contributed by atoms with Gasteiger partial charge >= 0.3 is 11.9 Å². The number of hydrogen-bond donors (Lipinski definition) is 6. The van der Waals surface area contributed by atoms with Crippen LogP contribution in [0.15, 0.2) is 18.2 Å². The van der Waals surface area contributed by atoms with Crippen molar-refractivity contribution in [2.24, 2.45) is 0 Å². The standard InChI is InChI=1S/C16H17NO11/c18-9-3-7(8(17(26)27)4-10(9)19)1-2-13(21)28-12-6-16(25,15(23)24)5-11(20)14(12)22/h1-4,11-12,14,18-20,22,25H,5-6H2,(H,23,24)/b2-1+/t11-,12-,14-,16+/m1/s1. The summed E-state index contributed by atoms with van der Waals surface area (Å²) in [7, 11) is 0. The molecule has 0 heterocycles. The van der Waals surface area contributed by atoms with E-state index in [4.69, 9.17) is 9.84 Å². The fourth-order valence-corrected chi connectivity index (χ4v) is 2.76. The van der Waals surface area contributed by atoms with Crippen LogP contribution in [0.1, 0.15) is 18.4 Å². The van der Waals surface area contributed by atoms with Crippen LogP contribution >= 0.6 is 0 Å². The van der Waals surface area contributed by atoms with E-state index in [0.29, 0.717) is 12.1 Å². The second kappa shape index (κ2) is 7.80. The van der Waals surface area contributed by atoms with Crippen LogP contribution < -0.4 is 0 Å². The maximum Gasteiger partial charge on any atom is 0.335 e. The number of ether oxygens (including phenoxy) is 1. The molecule has 1 aromatic rings. The molecule has 1 aromatic carbocycles. The lowest BCUT2D eigenvalue weighted by atomic mass is 9.79. The number of phenolic OH excluding ortho intramolecular Hbond substituents is 2. The number of carbonyl (C=O) groups is 2. The third-order valence-corrected chi connectivity index (χ3v) is 4.25. The molecule has 4 atom stereocenters. The number of carbonyl (C=O) groups excluding carboxylic acids is 1. The molecule has 12 nitrogen and oxygen atoms in total. The highest BCUT2D eigenvalue weighted by molar-refractivity contribution is 5.88. The molecule has 0 bridgehead atoms.